The largest absolute Gasteiger partial charge is 0.385 e. The van der Waals surface area contributed by atoms with Crippen LogP contribution >= 0.6 is 11.6 Å². The summed E-state index contributed by atoms with van der Waals surface area (Å²) in [5.41, 5.74) is 8.65. The monoisotopic (exact) mass is 456 g/mol. The van der Waals surface area contributed by atoms with Crippen molar-refractivity contribution in [2.24, 2.45) is 5.14 Å². The first kappa shape index (κ1) is 21.1. The summed E-state index contributed by atoms with van der Waals surface area (Å²) >= 11 is 6.20. The van der Waals surface area contributed by atoms with E-state index in [0.29, 0.717) is 46.9 Å². The first-order valence-electron chi connectivity index (χ1n) is 9.51. The van der Waals surface area contributed by atoms with Crippen LogP contribution in [0.5, 0.6) is 0 Å². The van der Waals surface area contributed by atoms with E-state index in [-0.39, 0.29) is 4.90 Å². The molecule has 31 heavy (non-hydrogen) atoms. The van der Waals surface area contributed by atoms with Crippen molar-refractivity contribution < 1.29 is 8.42 Å². The summed E-state index contributed by atoms with van der Waals surface area (Å²) < 4.78 is 26.1. The van der Waals surface area contributed by atoms with Crippen LogP contribution in [0.2, 0.25) is 5.02 Å². The van der Waals surface area contributed by atoms with Crippen molar-refractivity contribution in [2.45, 2.75) is 17.9 Å². The van der Waals surface area contributed by atoms with Crippen LogP contribution in [0.25, 0.3) is 10.9 Å². The minimum absolute atomic E-state index is 0.0203. The average molecular weight is 457 g/mol. The molecule has 0 fully saturated rings. The fourth-order valence-electron chi connectivity index (χ4n) is 3.32. The molecule has 0 saturated carbocycles. The van der Waals surface area contributed by atoms with Crippen LogP contribution < -0.4 is 16.2 Å². The Morgan fingerprint density at radius 3 is 2.65 bits per heavy atom. The highest BCUT2D eigenvalue weighted by molar-refractivity contribution is 7.89. The first-order chi connectivity index (χ1) is 14.8. The van der Waals surface area contributed by atoms with Gasteiger partial charge >= 0.3 is 0 Å². The number of aromatic nitrogens is 3. The number of nitrogen functional groups attached to an aromatic ring is 1. The summed E-state index contributed by atoms with van der Waals surface area (Å²) in [6, 6.07) is 14.5. The number of sulfonamides is 1. The number of nitrogens with one attached hydrogen (secondary N) is 1. The molecule has 0 aliphatic carbocycles. The van der Waals surface area contributed by atoms with E-state index < -0.39 is 10.0 Å². The molecule has 0 atom stereocenters. The van der Waals surface area contributed by atoms with E-state index in [0.717, 1.165) is 11.1 Å². The molecule has 2 heterocycles. The highest BCUT2D eigenvalue weighted by Crippen LogP contribution is 2.27. The molecule has 5 N–H and O–H groups in total. The van der Waals surface area contributed by atoms with Gasteiger partial charge in [0.25, 0.3) is 0 Å². The van der Waals surface area contributed by atoms with E-state index in [2.05, 4.69) is 15.4 Å². The third-order valence-corrected chi connectivity index (χ3v) is 6.13. The van der Waals surface area contributed by atoms with Crippen LogP contribution in [0.3, 0.4) is 0 Å². The van der Waals surface area contributed by atoms with Crippen LogP contribution in [-0.4, -0.2) is 29.7 Å². The third kappa shape index (κ3) is 4.96. The van der Waals surface area contributed by atoms with Gasteiger partial charge in [-0.2, -0.15) is 5.10 Å². The fourth-order valence-corrected chi connectivity index (χ4v) is 4.30. The van der Waals surface area contributed by atoms with Crippen LogP contribution in [0.4, 0.5) is 11.5 Å². The summed E-state index contributed by atoms with van der Waals surface area (Å²) in [5, 5.41) is 14.4. The Kier molecular flexibility index (Phi) is 5.81. The molecule has 0 unspecified atom stereocenters. The van der Waals surface area contributed by atoms with Crippen molar-refractivity contribution in [2.75, 3.05) is 17.6 Å². The van der Waals surface area contributed by atoms with E-state index in [1.54, 1.807) is 29.2 Å². The zero-order chi connectivity index (χ0) is 22.0. The Hall–Kier alpha value is -3.14. The molecule has 8 nitrogen and oxygen atoms in total. The Bertz CT molecular complexity index is 1340. The molecular formula is C21H21ClN6O2S. The molecule has 2 aromatic carbocycles. The number of hydrogen-bond acceptors (Lipinski definition) is 6. The molecule has 0 radical (unpaired) electrons. The number of pyridine rings is 1. The zero-order valence-corrected chi connectivity index (χ0v) is 18.1. The van der Waals surface area contributed by atoms with Gasteiger partial charge in [-0.1, -0.05) is 35.9 Å². The van der Waals surface area contributed by atoms with Gasteiger partial charge in [0.15, 0.2) is 0 Å². The predicted octanol–water partition coefficient (Wildman–Crippen LogP) is 3.02. The molecule has 160 valence electrons. The van der Waals surface area contributed by atoms with E-state index in [1.165, 1.54) is 6.07 Å². The van der Waals surface area contributed by atoms with E-state index >= 15 is 0 Å². The molecule has 4 rings (SSSR count). The maximum Gasteiger partial charge on any atom is 0.238 e. The molecule has 0 spiro atoms. The summed E-state index contributed by atoms with van der Waals surface area (Å²) in [5.74, 6) is 0.429. The van der Waals surface area contributed by atoms with E-state index in [1.807, 2.05) is 30.3 Å². The fraction of sp³-hybridized carbons (Fsp3) is 0.143. The van der Waals surface area contributed by atoms with Crippen molar-refractivity contribution in [3.05, 3.63) is 77.1 Å². The summed E-state index contributed by atoms with van der Waals surface area (Å²) in [6.45, 7) is 0.985. The van der Waals surface area contributed by atoms with Gasteiger partial charge in [0, 0.05) is 35.0 Å². The standard InChI is InChI=1S/C21H21ClN6O2S/c22-18-4-2-1-3-15(18)7-8-25-16-9-19-17(20(10-16)31(24,29)30)13-28(27-19)12-14-5-6-21(23)26-11-14/h1-6,9-11,13,25H,7-8,12H2,(H2,23,26)(H2,24,29,30). The summed E-state index contributed by atoms with van der Waals surface area (Å²) in [4.78, 5) is 4.09. The summed E-state index contributed by atoms with van der Waals surface area (Å²) in [7, 11) is -3.94. The number of hydrogen-bond donors (Lipinski definition) is 3. The maximum atomic E-state index is 12.2. The zero-order valence-electron chi connectivity index (χ0n) is 16.5. The molecule has 0 bridgehead atoms. The Balaban J connectivity index is 1.61. The Labute approximate surface area is 184 Å². The van der Waals surface area contributed by atoms with Crippen LogP contribution in [0.1, 0.15) is 11.1 Å². The van der Waals surface area contributed by atoms with E-state index in [4.69, 9.17) is 22.5 Å². The van der Waals surface area contributed by atoms with Crippen molar-refractivity contribution in [1.82, 2.24) is 14.8 Å². The molecular weight excluding hydrogens is 436 g/mol. The van der Waals surface area contributed by atoms with Gasteiger partial charge in [-0.15, -0.1) is 0 Å². The van der Waals surface area contributed by atoms with Crippen molar-refractivity contribution in [3.63, 3.8) is 0 Å². The van der Waals surface area contributed by atoms with Crippen molar-refractivity contribution in [3.8, 4) is 0 Å². The number of anilines is 2. The van der Waals surface area contributed by atoms with Gasteiger partial charge in [0.2, 0.25) is 10.0 Å². The van der Waals surface area contributed by atoms with Gasteiger partial charge in [-0.05, 0) is 41.8 Å². The lowest BCUT2D eigenvalue weighted by Gasteiger charge is -2.09. The lowest BCUT2D eigenvalue weighted by Crippen LogP contribution is -2.13. The normalized spacial score (nSPS) is 11.7. The molecule has 10 heteroatoms. The maximum absolute atomic E-state index is 12.2. The third-order valence-electron chi connectivity index (χ3n) is 4.81. The second kappa shape index (κ2) is 8.54. The molecule has 0 amide bonds. The molecule has 0 saturated heterocycles. The van der Waals surface area contributed by atoms with Gasteiger partial charge in [-0.3, -0.25) is 4.68 Å². The quantitative estimate of drug-likeness (QED) is 0.392. The van der Waals surface area contributed by atoms with Gasteiger partial charge in [0.1, 0.15) is 5.82 Å². The number of benzene rings is 2. The molecule has 0 aliphatic rings. The predicted molar refractivity (Wildman–Crippen MR) is 123 cm³/mol. The van der Waals surface area contributed by atoms with Crippen molar-refractivity contribution in [1.29, 1.82) is 0 Å². The molecule has 0 aliphatic heterocycles. The van der Waals surface area contributed by atoms with Gasteiger partial charge in [0.05, 0.1) is 17.0 Å². The molecule has 4 aromatic rings. The lowest BCUT2D eigenvalue weighted by atomic mass is 10.1. The topological polar surface area (TPSA) is 129 Å². The number of primary sulfonamides is 1. The average Bonchev–Trinajstić information content (AvgIpc) is 3.12. The smallest absolute Gasteiger partial charge is 0.238 e. The van der Waals surface area contributed by atoms with E-state index in [9.17, 15) is 8.42 Å². The highest BCUT2D eigenvalue weighted by atomic mass is 35.5. The second-order valence-corrected chi connectivity index (χ2v) is 9.08. The Morgan fingerprint density at radius 1 is 1.13 bits per heavy atom. The highest BCUT2D eigenvalue weighted by Gasteiger charge is 2.17. The van der Waals surface area contributed by atoms with Crippen LogP contribution in [-0.2, 0) is 23.0 Å². The SMILES string of the molecule is Nc1ccc(Cn2cc3c(S(N)(=O)=O)cc(NCCc4ccccc4Cl)cc3n2)cn1. The number of fused-ring (bicyclic) bond motifs is 1. The van der Waals surface area contributed by atoms with Gasteiger partial charge in [-0.25, -0.2) is 18.5 Å². The second-order valence-electron chi connectivity index (χ2n) is 7.14. The minimum atomic E-state index is -3.94. The first-order valence-corrected chi connectivity index (χ1v) is 11.4. The van der Waals surface area contributed by atoms with Gasteiger partial charge < -0.3 is 11.1 Å². The van der Waals surface area contributed by atoms with Crippen molar-refractivity contribution >= 4 is 44.0 Å². The molecule has 2 aromatic heterocycles. The number of nitrogens with zero attached hydrogens (tertiary/aromatic N) is 3. The number of rotatable bonds is 7. The summed E-state index contributed by atoms with van der Waals surface area (Å²) in [6.07, 6.45) is 4.00. The van der Waals surface area contributed by atoms with Crippen LogP contribution in [0.15, 0.2) is 65.8 Å². The lowest BCUT2D eigenvalue weighted by molar-refractivity contribution is 0.598. The minimum Gasteiger partial charge on any atom is -0.385 e. The number of nitrogens with two attached hydrogens (primary N) is 2. The van der Waals surface area contributed by atoms with Crippen LogP contribution in [0, 0.1) is 0 Å². The Morgan fingerprint density at radius 2 is 1.94 bits per heavy atom. The number of halogens is 1.